The Bertz CT molecular complexity index is 241. The molecule has 1 rings (SSSR count). The van der Waals surface area contributed by atoms with Gasteiger partial charge < -0.3 is 4.90 Å². The number of hydrogen-bond acceptors (Lipinski definition) is 4. The molecule has 0 aliphatic carbocycles. The molecule has 0 N–H and O–H groups in total. The Morgan fingerprint density at radius 3 is 2.27 bits per heavy atom. The van der Waals surface area contributed by atoms with Crippen LogP contribution in [0.15, 0.2) is 0 Å². The van der Waals surface area contributed by atoms with Crippen molar-refractivity contribution in [3.05, 3.63) is 11.1 Å². The lowest BCUT2D eigenvalue weighted by atomic mass is 10.7. The number of aryl methyl sites for hydroxylation is 1. The lowest BCUT2D eigenvalue weighted by Crippen LogP contribution is -2.13. The summed E-state index contributed by atoms with van der Waals surface area (Å²) in [7, 11) is 3.70. The van der Waals surface area contributed by atoms with Crippen molar-refractivity contribution in [1.82, 2.24) is 15.0 Å². The van der Waals surface area contributed by atoms with E-state index in [4.69, 9.17) is 11.6 Å². The highest BCUT2D eigenvalue weighted by Crippen LogP contribution is 2.06. The predicted molar refractivity (Wildman–Crippen MR) is 43.9 cm³/mol. The van der Waals surface area contributed by atoms with Gasteiger partial charge in [0, 0.05) is 14.1 Å². The lowest BCUT2D eigenvalue weighted by molar-refractivity contribution is 0.917. The molecule has 0 amide bonds. The summed E-state index contributed by atoms with van der Waals surface area (Å²) in [6.45, 7) is 1.78. The number of nitrogens with zero attached hydrogens (tertiary/aromatic N) is 4. The van der Waals surface area contributed by atoms with Gasteiger partial charge in [-0.15, -0.1) is 0 Å². The average molecular weight is 173 g/mol. The first-order valence-corrected chi connectivity index (χ1v) is 3.53. The molecule has 0 saturated heterocycles. The van der Waals surface area contributed by atoms with Crippen LogP contribution in [0.1, 0.15) is 5.82 Å². The summed E-state index contributed by atoms with van der Waals surface area (Å²) in [5, 5.41) is 0.237. The second-order valence-electron chi connectivity index (χ2n) is 2.35. The summed E-state index contributed by atoms with van der Waals surface area (Å²) in [6, 6.07) is 0. The van der Waals surface area contributed by atoms with Crippen LogP contribution in [-0.4, -0.2) is 29.0 Å². The molecule has 0 saturated carbocycles. The van der Waals surface area contributed by atoms with E-state index in [1.54, 1.807) is 11.8 Å². The van der Waals surface area contributed by atoms with Gasteiger partial charge in [-0.2, -0.15) is 9.97 Å². The quantitative estimate of drug-likeness (QED) is 0.631. The molecule has 1 aromatic rings. The third kappa shape index (κ3) is 2.01. The van der Waals surface area contributed by atoms with Crippen LogP contribution in [0, 0.1) is 6.92 Å². The van der Waals surface area contributed by atoms with Crippen molar-refractivity contribution in [1.29, 1.82) is 0 Å². The maximum absolute atomic E-state index is 5.61. The summed E-state index contributed by atoms with van der Waals surface area (Å²) in [5.74, 6) is 1.22. The highest BCUT2D eigenvalue weighted by atomic mass is 35.5. The van der Waals surface area contributed by atoms with Gasteiger partial charge in [0.1, 0.15) is 5.82 Å². The Kier molecular flexibility index (Phi) is 2.24. The van der Waals surface area contributed by atoms with Crippen molar-refractivity contribution in [2.45, 2.75) is 6.92 Å². The molecule has 0 spiro atoms. The Labute approximate surface area is 70.2 Å². The summed E-state index contributed by atoms with van der Waals surface area (Å²) < 4.78 is 0. The highest BCUT2D eigenvalue weighted by Gasteiger charge is 2.01. The first-order valence-electron chi connectivity index (χ1n) is 3.15. The third-order valence-corrected chi connectivity index (χ3v) is 1.28. The minimum atomic E-state index is 0.237. The molecule has 4 nitrogen and oxygen atoms in total. The first kappa shape index (κ1) is 8.20. The number of hydrogen-bond donors (Lipinski definition) is 0. The molecule has 0 aliphatic heterocycles. The van der Waals surface area contributed by atoms with Crippen LogP contribution in [0.5, 0.6) is 0 Å². The summed E-state index contributed by atoms with van der Waals surface area (Å²) in [5.41, 5.74) is 0. The highest BCUT2D eigenvalue weighted by molar-refractivity contribution is 6.28. The Balaban J connectivity index is 3.08. The van der Waals surface area contributed by atoms with Crippen LogP contribution in [0.4, 0.5) is 5.95 Å². The minimum Gasteiger partial charge on any atom is -0.347 e. The number of aromatic nitrogens is 3. The summed E-state index contributed by atoms with van der Waals surface area (Å²) in [6.07, 6.45) is 0. The maximum atomic E-state index is 5.61. The maximum Gasteiger partial charge on any atom is 0.229 e. The van der Waals surface area contributed by atoms with Crippen molar-refractivity contribution >= 4 is 17.5 Å². The minimum absolute atomic E-state index is 0.237. The molecule has 0 aliphatic rings. The van der Waals surface area contributed by atoms with Gasteiger partial charge in [-0.05, 0) is 18.5 Å². The van der Waals surface area contributed by atoms with Gasteiger partial charge in [0.15, 0.2) is 0 Å². The molecule has 0 aromatic carbocycles. The van der Waals surface area contributed by atoms with Crippen LogP contribution in [-0.2, 0) is 0 Å². The van der Waals surface area contributed by atoms with Gasteiger partial charge in [-0.1, -0.05) is 0 Å². The lowest BCUT2D eigenvalue weighted by Gasteiger charge is -2.09. The van der Waals surface area contributed by atoms with Gasteiger partial charge in [-0.25, -0.2) is 4.98 Å². The standard InChI is InChI=1S/C6H9ClN4/c1-4-8-5(7)10-6(9-4)11(2)3/h1-3H3. The van der Waals surface area contributed by atoms with Crippen LogP contribution in [0.25, 0.3) is 0 Å². The fourth-order valence-corrected chi connectivity index (χ4v) is 0.834. The summed E-state index contributed by atoms with van der Waals surface area (Å²) in [4.78, 5) is 13.6. The molecule has 0 atom stereocenters. The molecule has 1 aromatic heterocycles. The summed E-state index contributed by atoms with van der Waals surface area (Å²) >= 11 is 5.61. The predicted octanol–water partition coefficient (Wildman–Crippen LogP) is 0.899. The van der Waals surface area contributed by atoms with Crippen molar-refractivity contribution < 1.29 is 0 Å². The van der Waals surface area contributed by atoms with E-state index < -0.39 is 0 Å². The van der Waals surface area contributed by atoms with E-state index >= 15 is 0 Å². The van der Waals surface area contributed by atoms with E-state index in [-0.39, 0.29) is 5.28 Å². The fraction of sp³-hybridized carbons (Fsp3) is 0.500. The first-order chi connectivity index (χ1) is 5.09. The molecule has 0 radical (unpaired) electrons. The normalized spacial score (nSPS) is 9.82. The van der Waals surface area contributed by atoms with Gasteiger partial charge in [-0.3, -0.25) is 0 Å². The van der Waals surface area contributed by atoms with Crippen molar-refractivity contribution in [2.75, 3.05) is 19.0 Å². The molecule has 1 heterocycles. The number of anilines is 1. The molecule has 0 unspecified atom stereocenters. The Morgan fingerprint density at radius 2 is 1.82 bits per heavy atom. The van der Waals surface area contributed by atoms with Crippen molar-refractivity contribution in [2.24, 2.45) is 0 Å². The van der Waals surface area contributed by atoms with E-state index in [2.05, 4.69) is 15.0 Å². The zero-order valence-corrected chi connectivity index (χ0v) is 7.42. The zero-order chi connectivity index (χ0) is 8.43. The average Bonchev–Trinajstić information content (AvgIpc) is 1.85. The van der Waals surface area contributed by atoms with Crippen molar-refractivity contribution in [3.63, 3.8) is 0 Å². The van der Waals surface area contributed by atoms with E-state index in [9.17, 15) is 0 Å². The molecule has 60 valence electrons. The van der Waals surface area contributed by atoms with Gasteiger partial charge in [0.05, 0.1) is 0 Å². The molecule has 0 fully saturated rings. The molecule has 5 heteroatoms. The number of halogens is 1. The largest absolute Gasteiger partial charge is 0.347 e. The molecular formula is C6H9ClN4. The Morgan fingerprint density at radius 1 is 1.18 bits per heavy atom. The smallest absolute Gasteiger partial charge is 0.229 e. The fourth-order valence-electron chi connectivity index (χ4n) is 0.636. The second kappa shape index (κ2) is 3.00. The molecular weight excluding hydrogens is 164 g/mol. The molecule has 11 heavy (non-hydrogen) atoms. The monoisotopic (exact) mass is 172 g/mol. The van der Waals surface area contributed by atoms with Crippen molar-refractivity contribution in [3.8, 4) is 0 Å². The van der Waals surface area contributed by atoms with E-state index in [0.29, 0.717) is 11.8 Å². The zero-order valence-electron chi connectivity index (χ0n) is 6.67. The van der Waals surface area contributed by atoms with E-state index in [1.807, 2.05) is 14.1 Å². The van der Waals surface area contributed by atoms with Crippen LogP contribution >= 0.6 is 11.6 Å². The van der Waals surface area contributed by atoms with Crippen LogP contribution in [0.2, 0.25) is 5.28 Å². The topological polar surface area (TPSA) is 41.9 Å². The van der Waals surface area contributed by atoms with Gasteiger partial charge in [0.2, 0.25) is 11.2 Å². The van der Waals surface area contributed by atoms with E-state index in [0.717, 1.165) is 0 Å². The van der Waals surface area contributed by atoms with E-state index in [1.165, 1.54) is 0 Å². The van der Waals surface area contributed by atoms with Crippen LogP contribution in [0.3, 0.4) is 0 Å². The van der Waals surface area contributed by atoms with Gasteiger partial charge >= 0.3 is 0 Å². The second-order valence-corrected chi connectivity index (χ2v) is 2.68. The Hall–Kier alpha value is -0.900. The SMILES string of the molecule is Cc1nc(Cl)nc(N(C)C)n1. The third-order valence-electron chi connectivity index (χ3n) is 1.11. The van der Waals surface area contributed by atoms with Crippen LogP contribution < -0.4 is 4.90 Å². The number of rotatable bonds is 1. The molecule has 0 bridgehead atoms. The van der Waals surface area contributed by atoms with Gasteiger partial charge in [0.25, 0.3) is 0 Å².